The summed E-state index contributed by atoms with van der Waals surface area (Å²) in [6.07, 6.45) is 3.82. The van der Waals surface area contributed by atoms with Gasteiger partial charge >= 0.3 is 19.3 Å². The Morgan fingerprint density at radius 2 is 1.69 bits per heavy atom. The molecule has 0 N–H and O–H groups in total. The molecule has 1 unspecified atom stereocenters. The molecule has 0 amide bonds. The summed E-state index contributed by atoms with van der Waals surface area (Å²) < 4.78 is 35.1. The van der Waals surface area contributed by atoms with Crippen molar-refractivity contribution in [2.45, 2.75) is 38.6 Å². The number of aromatic nitrogens is 2. The zero-order valence-corrected chi connectivity index (χ0v) is 21.6. The predicted molar refractivity (Wildman–Crippen MR) is 130 cm³/mol. The van der Waals surface area contributed by atoms with Crippen molar-refractivity contribution in [1.82, 2.24) is 9.13 Å². The van der Waals surface area contributed by atoms with E-state index in [9.17, 15) is 23.7 Å². The molecular weight excluding hydrogens is 491 g/mol. The number of carbonyl (C=O) groups is 2. The van der Waals surface area contributed by atoms with Gasteiger partial charge in [-0.25, -0.2) is 9.59 Å². The first-order valence-electron chi connectivity index (χ1n) is 11.5. The summed E-state index contributed by atoms with van der Waals surface area (Å²) in [7, 11) is -0.445. The van der Waals surface area contributed by atoms with Crippen molar-refractivity contribution in [2.24, 2.45) is 11.8 Å². The van der Waals surface area contributed by atoms with Gasteiger partial charge in [0.25, 0.3) is 17.3 Å². The lowest BCUT2D eigenvalue weighted by atomic mass is 9.97. The van der Waals surface area contributed by atoms with Crippen LogP contribution < -0.4 is 11.2 Å². The summed E-state index contributed by atoms with van der Waals surface area (Å²) in [5.74, 6) is -3.26. The lowest BCUT2D eigenvalue weighted by Crippen LogP contribution is -2.45. The van der Waals surface area contributed by atoms with Gasteiger partial charge in [0, 0.05) is 38.1 Å². The van der Waals surface area contributed by atoms with E-state index in [1.165, 1.54) is 10.8 Å². The van der Waals surface area contributed by atoms with E-state index >= 15 is 0 Å². The van der Waals surface area contributed by atoms with Crippen LogP contribution in [-0.2, 0) is 34.4 Å². The van der Waals surface area contributed by atoms with Crippen molar-refractivity contribution in [3.8, 4) is 0 Å². The van der Waals surface area contributed by atoms with Crippen LogP contribution in [0, 0.1) is 18.8 Å². The summed E-state index contributed by atoms with van der Waals surface area (Å²) in [5.41, 5.74) is -0.888. The van der Waals surface area contributed by atoms with Gasteiger partial charge in [-0.15, -0.1) is 0 Å². The maximum Gasteiger partial charge on any atom is 0.370 e. The molecule has 196 valence electrons. The predicted octanol–water partition coefficient (Wildman–Crippen LogP) is 2.42. The van der Waals surface area contributed by atoms with Crippen LogP contribution in [0.4, 0.5) is 0 Å². The molecule has 12 heteroatoms. The Kier molecular flexibility index (Phi) is 9.19. The second kappa shape index (κ2) is 11.9. The number of nitrogens with zero attached hydrogens (tertiary/aromatic N) is 2. The largest absolute Gasteiger partial charge is 0.467 e. The Hall–Kier alpha value is -2.85. The van der Waals surface area contributed by atoms with Gasteiger partial charge in [-0.05, 0) is 43.7 Å². The highest BCUT2D eigenvalue weighted by Gasteiger charge is 2.43. The quantitative estimate of drug-likeness (QED) is 0.341. The number of benzene rings is 1. The standard InChI is InChI=1S/C24H31N2O9P/c1-16-13-25(24(30)26(20(16)27)21(28)17-9-6-5-7-10-17)14-18-11-8-12-19(18)15-35-23(22(29)32-2)36(31,33-3)34-4/h5-7,9-10,13,18-19,23H,8,11-12,14-15H2,1-4H3/t18-,19-,23?/m0/s1. The van der Waals surface area contributed by atoms with Crippen molar-refractivity contribution in [2.75, 3.05) is 27.9 Å². The lowest BCUT2D eigenvalue weighted by molar-refractivity contribution is -0.150. The Balaban J connectivity index is 1.83. The fourth-order valence-corrected chi connectivity index (χ4v) is 5.62. The molecule has 0 saturated heterocycles. The highest BCUT2D eigenvalue weighted by molar-refractivity contribution is 7.55. The third kappa shape index (κ3) is 5.75. The minimum Gasteiger partial charge on any atom is -0.467 e. The summed E-state index contributed by atoms with van der Waals surface area (Å²) in [4.78, 5) is 51.0. The second-order valence-electron chi connectivity index (χ2n) is 8.62. The molecule has 1 aliphatic carbocycles. The molecule has 0 radical (unpaired) electrons. The second-order valence-corrected chi connectivity index (χ2v) is 10.9. The first-order valence-corrected chi connectivity index (χ1v) is 13.1. The number of hydrogen-bond donors (Lipinski definition) is 0. The number of ether oxygens (including phenoxy) is 2. The van der Waals surface area contributed by atoms with Gasteiger partial charge < -0.3 is 18.5 Å². The van der Waals surface area contributed by atoms with Crippen LogP contribution in [0.1, 0.15) is 35.2 Å². The summed E-state index contributed by atoms with van der Waals surface area (Å²) in [6.45, 7) is 1.85. The first kappa shape index (κ1) is 27.7. The van der Waals surface area contributed by atoms with E-state index in [-0.39, 0.29) is 36.1 Å². The normalized spacial score (nSPS) is 18.7. The molecule has 0 spiro atoms. The highest BCUT2D eigenvalue weighted by atomic mass is 31.2. The zero-order valence-electron chi connectivity index (χ0n) is 20.7. The molecule has 1 fully saturated rings. The maximum atomic E-state index is 13.2. The van der Waals surface area contributed by atoms with Crippen molar-refractivity contribution in [1.29, 1.82) is 0 Å². The number of aryl methyl sites for hydroxylation is 1. The number of carbonyl (C=O) groups excluding carboxylic acids is 2. The summed E-state index contributed by atoms with van der Waals surface area (Å²) in [5, 5.41) is 0. The molecule has 2 aromatic rings. The number of hydrogen-bond acceptors (Lipinski definition) is 9. The fraction of sp³-hybridized carbons (Fsp3) is 0.500. The lowest BCUT2D eigenvalue weighted by Gasteiger charge is -2.26. The zero-order chi connectivity index (χ0) is 26.5. The molecule has 1 aromatic heterocycles. The van der Waals surface area contributed by atoms with Crippen molar-refractivity contribution in [3.05, 3.63) is 68.5 Å². The Labute approximate surface area is 208 Å². The average Bonchev–Trinajstić information content (AvgIpc) is 3.34. The van der Waals surface area contributed by atoms with Crippen LogP contribution in [0.3, 0.4) is 0 Å². The molecule has 3 rings (SSSR count). The van der Waals surface area contributed by atoms with Gasteiger partial charge in [-0.3, -0.25) is 18.7 Å². The monoisotopic (exact) mass is 522 g/mol. The molecule has 1 aliphatic rings. The van der Waals surface area contributed by atoms with Crippen LogP contribution in [0.2, 0.25) is 0 Å². The smallest absolute Gasteiger partial charge is 0.370 e. The molecule has 1 heterocycles. The summed E-state index contributed by atoms with van der Waals surface area (Å²) in [6, 6.07) is 8.13. The van der Waals surface area contributed by atoms with Gasteiger partial charge in [-0.1, -0.05) is 24.6 Å². The van der Waals surface area contributed by atoms with Crippen molar-refractivity contribution in [3.63, 3.8) is 0 Å². The minimum atomic E-state index is -3.90. The van der Waals surface area contributed by atoms with Gasteiger partial charge in [0.15, 0.2) is 0 Å². The number of methoxy groups -OCH3 is 1. The van der Waals surface area contributed by atoms with E-state index in [2.05, 4.69) is 0 Å². The van der Waals surface area contributed by atoms with Crippen molar-refractivity contribution < 1.29 is 32.7 Å². The van der Waals surface area contributed by atoms with Crippen LogP contribution in [-0.4, -0.2) is 54.8 Å². The topological polar surface area (TPSA) is 132 Å². The third-order valence-corrected chi connectivity index (χ3v) is 8.42. The van der Waals surface area contributed by atoms with Crippen LogP contribution in [0.5, 0.6) is 0 Å². The number of esters is 1. The van der Waals surface area contributed by atoms with Gasteiger partial charge in [-0.2, -0.15) is 4.57 Å². The third-order valence-electron chi connectivity index (χ3n) is 6.47. The molecule has 11 nitrogen and oxygen atoms in total. The Bertz CT molecular complexity index is 1250. The molecular formula is C24H31N2O9P. The van der Waals surface area contributed by atoms with Gasteiger partial charge in [0.1, 0.15) is 0 Å². The molecule has 1 saturated carbocycles. The van der Waals surface area contributed by atoms with E-state index in [0.717, 1.165) is 40.6 Å². The molecule has 36 heavy (non-hydrogen) atoms. The fourth-order valence-electron chi connectivity index (χ4n) is 4.45. The summed E-state index contributed by atoms with van der Waals surface area (Å²) >= 11 is 0. The first-order chi connectivity index (χ1) is 17.2. The van der Waals surface area contributed by atoms with Crippen LogP contribution in [0.25, 0.3) is 0 Å². The Morgan fingerprint density at radius 3 is 2.31 bits per heavy atom. The van der Waals surface area contributed by atoms with Crippen LogP contribution >= 0.6 is 7.60 Å². The minimum absolute atomic E-state index is 0.0530. The van der Waals surface area contributed by atoms with Gasteiger partial charge in [0.2, 0.25) is 0 Å². The molecule has 0 bridgehead atoms. The van der Waals surface area contributed by atoms with E-state index in [0.29, 0.717) is 4.57 Å². The maximum absolute atomic E-state index is 13.2. The average molecular weight is 522 g/mol. The molecule has 3 atom stereocenters. The van der Waals surface area contributed by atoms with Crippen LogP contribution in [0.15, 0.2) is 46.1 Å². The Morgan fingerprint density at radius 1 is 1.06 bits per heavy atom. The van der Waals surface area contributed by atoms with E-state index in [4.69, 9.17) is 18.5 Å². The SMILES string of the molecule is COC(=O)C(OC[C@@H]1CCC[C@H]1Cn1cc(C)c(=O)n(C(=O)c2ccccc2)c1=O)P(=O)(OC)OC. The highest BCUT2D eigenvalue weighted by Crippen LogP contribution is 2.52. The number of rotatable bonds is 10. The molecule has 0 aliphatic heterocycles. The van der Waals surface area contributed by atoms with Crippen molar-refractivity contribution >= 4 is 19.5 Å². The van der Waals surface area contributed by atoms with E-state index in [1.54, 1.807) is 37.3 Å². The van der Waals surface area contributed by atoms with E-state index in [1.807, 2.05) is 0 Å². The molecule has 1 aromatic carbocycles. The van der Waals surface area contributed by atoms with E-state index < -0.39 is 36.6 Å². The van der Waals surface area contributed by atoms with Gasteiger partial charge in [0.05, 0.1) is 13.7 Å².